The SMILES string of the molecule is N#CCc1cc(Br)cc2cc(F)sc12. The summed E-state index contributed by atoms with van der Waals surface area (Å²) in [7, 11) is 0. The van der Waals surface area contributed by atoms with Crippen LogP contribution in [-0.4, -0.2) is 0 Å². The van der Waals surface area contributed by atoms with Crippen LogP contribution in [0.15, 0.2) is 22.7 Å². The summed E-state index contributed by atoms with van der Waals surface area (Å²) in [6.07, 6.45) is 0.315. The average molecular weight is 270 g/mol. The minimum absolute atomic E-state index is 0.211. The molecule has 2 rings (SSSR count). The molecule has 14 heavy (non-hydrogen) atoms. The second-order valence-electron chi connectivity index (χ2n) is 2.87. The van der Waals surface area contributed by atoms with Crippen LogP contribution in [0, 0.1) is 16.5 Å². The fourth-order valence-corrected chi connectivity index (χ4v) is 2.77. The van der Waals surface area contributed by atoms with Gasteiger partial charge in [0.25, 0.3) is 0 Å². The van der Waals surface area contributed by atoms with Gasteiger partial charge in [-0.15, -0.1) is 11.3 Å². The maximum atomic E-state index is 13.0. The molecule has 0 amide bonds. The van der Waals surface area contributed by atoms with Gasteiger partial charge in [-0.05, 0) is 29.1 Å². The number of nitrogens with zero attached hydrogens (tertiary/aromatic N) is 1. The van der Waals surface area contributed by atoms with Gasteiger partial charge in [0.15, 0.2) is 5.13 Å². The van der Waals surface area contributed by atoms with Crippen LogP contribution in [-0.2, 0) is 6.42 Å². The van der Waals surface area contributed by atoms with E-state index in [1.54, 1.807) is 0 Å². The quantitative estimate of drug-likeness (QED) is 0.771. The molecule has 0 atom stereocenters. The first-order chi connectivity index (χ1) is 6.70. The van der Waals surface area contributed by atoms with Crippen molar-refractivity contribution in [3.05, 3.63) is 33.4 Å². The second kappa shape index (κ2) is 3.68. The van der Waals surface area contributed by atoms with Crippen LogP contribution in [0.1, 0.15) is 5.56 Å². The van der Waals surface area contributed by atoms with Gasteiger partial charge in [0.05, 0.1) is 12.5 Å². The molecule has 0 fully saturated rings. The zero-order valence-electron chi connectivity index (χ0n) is 7.05. The third-order valence-corrected chi connectivity index (χ3v) is 3.37. The summed E-state index contributed by atoms with van der Waals surface area (Å²) in [4.78, 5) is 0. The molecule has 0 radical (unpaired) electrons. The van der Waals surface area contributed by atoms with Gasteiger partial charge in [0.2, 0.25) is 0 Å². The van der Waals surface area contributed by atoms with Gasteiger partial charge < -0.3 is 0 Å². The molecule has 4 heteroatoms. The highest BCUT2D eigenvalue weighted by Gasteiger charge is 2.07. The lowest BCUT2D eigenvalue weighted by Crippen LogP contribution is -1.81. The van der Waals surface area contributed by atoms with E-state index in [1.807, 2.05) is 12.1 Å². The maximum Gasteiger partial charge on any atom is 0.177 e. The van der Waals surface area contributed by atoms with Gasteiger partial charge in [-0.25, -0.2) is 0 Å². The van der Waals surface area contributed by atoms with E-state index < -0.39 is 0 Å². The van der Waals surface area contributed by atoms with Gasteiger partial charge in [0, 0.05) is 9.17 Å². The number of hydrogen-bond donors (Lipinski definition) is 0. The van der Waals surface area contributed by atoms with E-state index in [0.717, 1.165) is 31.5 Å². The lowest BCUT2D eigenvalue weighted by Gasteiger charge is -1.98. The Kier molecular flexibility index (Phi) is 2.53. The predicted molar refractivity (Wildman–Crippen MR) is 58.8 cm³/mol. The molecule has 1 heterocycles. The van der Waals surface area contributed by atoms with Crippen LogP contribution in [0.2, 0.25) is 0 Å². The highest BCUT2D eigenvalue weighted by molar-refractivity contribution is 9.10. The van der Waals surface area contributed by atoms with Crippen molar-refractivity contribution in [1.82, 2.24) is 0 Å². The summed E-state index contributed by atoms with van der Waals surface area (Å²) in [6.45, 7) is 0. The number of halogens is 2. The minimum atomic E-state index is -0.211. The molecular formula is C10H5BrFNS. The summed E-state index contributed by atoms with van der Waals surface area (Å²) >= 11 is 4.42. The monoisotopic (exact) mass is 269 g/mol. The van der Waals surface area contributed by atoms with Crippen molar-refractivity contribution in [3.8, 4) is 6.07 Å². The molecular weight excluding hydrogens is 265 g/mol. The molecule has 0 saturated carbocycles. The highest BCUT2D eigenvalue weighted by Crippen LogP contribution is 2.31. The van der Waals surface area contributed by atoms with Crippen LogP contribution in [0.25, 0.3) is 10.1 Å². The smallest absolute Gasteiger partial charge is 0.177 e. The van der Waals surface area contributed by atoms with Crippen LogP contribution < -0.4 is 0 Å². The molecule has 2 aromatic rings. The number of hydrogen-bond acceptors (Lipinski definition) is 2. The van der Waals surface area contributed by atoms with E-state index in [2.05, 4.69) is 22.0 Å². The molecule has 0 spiro atoms. The normalized spacial score (nSPS) is 10.4. The molecule has 0 aliphatic carbocycles. The van der Waals surface area contributed by atoms with E-state index >= 15 is 0 Å². The molecule has 1 aromatic carbocycles. The van der Waals surface area contributed by atoms with Gasteiger partial charge in [-0.3, -0.25) is 0 Å². The average Bonchev–Trinajstić information content (AvgIpc) is 2.45. The Hall–Kier alpha value is -0.920. The molecule has 70 valence electrons. The van der Waals surface area contributed by atoms with Crippen molar-refractivity contribution in [1.29, 1.82) is 5.26 Å². The maximum absolute atomic E-state index is 13.0. The summed E-state index contributed by atoms with van der Waals surface area (Å²) in [5, 5.41) is 9.27. The lowest BCUT2D eigenvalue weighted by atomic mass is 10.1. The van der Waals surface area contributed by atoms with E-state index in [9.17, 15) is 4.39 Å². The molecule has 0 aliphatic heterocycles. The minimum Gasteiger partial charge on any atom is -0.198 e. The van der Waals surface area contributed by atoms with Crippen molar-refractivity contribution in [3.63, 3.8) is 0 Å². The van der Waals surface area contributed by atoms with Crippen LogP contribution in [0.5, 0.6) is 0 Å². The first-order valence-corrected chi connectivity index (χ1v) is 5.56. The van der Waals surface area contributed by atoms with Gasteiger partial charge in [-0.1, -0.05) is 15.9 Å². The Morgan fingerprint density at radius 1 is 1.43 bits per heavy atom. The Morgan fingerprint density at radius 2 is 2.21 bits per heavy atom. The Labute approximate surface area is 92.9 Å². The van der Waals surface area contributed by atoms with Crippen molar-refractivity contribution in [2.24, 2.45) is 0 Å². The van der Waals surface area contributed by atoms with Gasteiger partial charge in [0.1, 0.15) is 0 Å². The Bertz CT molecular complexity index is 527. The van der Waals surface area contributed by atoms with Gasteiger partial charge in [-0.2, -0.15) is 9.65 Å². The lowest BCUT2D eigenvalue weighted by molar-refractivity contribution is 0.658. The molecule has 0 unspecified atom stereocenters. The zero-order valence-corrected chi connectivity index (χ0v) is 9.45. The molecule has 0 N–H and O–H groups in total. The van der Waals surface area contributed by atoms with E-state index in [0.29, 0.717) is 6.42 Å². The summed E-state index contributed by atoms with van der Waals surface area (Å²) in [6, 6.07) is 7.29. The van der Waals surface area contributed by atoms with E-state index in [1.165, 1.54) is 6.07 Å². The first-order valence-electron chi connectivity index (χ1n) is 3.95. The highest BCUT2D eigenvalue weighted by atomic mass is 79.9. The van der Waals surface area contributed by atoms with Crippen molar-refractivity contribution in [2.45, 2.75) is 6.42 Å². The predicted octanol–water partition coefficient (Wildman–Crippen LogP) is 3.87. The number of nitriles is 1. The number of benzene rings is 1. The molecule has 0 aliphatic rings. The molecule has 1 nitrogen and oxygen atoms in total. The number of rotatable bonds is 1. The van der Waals surface area contributed by atoms with Crippen molar-refractivity contribution in [2.75, 3.05) is 0 Å². The molecule has 0 saturated heterocycles. The first kappa shape index (κ1) is 9.63. The summed E-state index contributed by atoms with van der Waals surface area (Å²) in [5.74, 6) is 0. The third kappa shape index (κ3) is 1.66. The Balaban J connectivity index is 2.74. The number of thiophene rings is 1. The number of fused-ring (bicyclic) bond motifs is 1. The summed E-state index contributed by atoms with van der Waals surface area (Å²) in [5.41, 5.74) is 0.880. The topological polar surface area (TPSA) is 23.8 Å². The largest absolute Gasteiger partial charge is 0.198 e. The van der Waals surface area contributed by atoms with Crippen LogP contribution >= 0.6 is 27.3 Å². The zero-order chi connectivity index (χ0) is 10.1. The fourth-order valence-electron chi connectivity index (χ4n) is 1.37. The second-order valence-corrected chi connectivity index (χ2v) is 4.79. The fraction of sp³-hybridized carbons (Fsp3) is 0.100. The Morgan fingerprint density at radius 3 is 2.93 bits per heavy atom. The van der Waals surface area contributed by atoms with Crippen molar-refractivity contribution < 1.29 is 4.39 Å². The third-order valence-electron chi connectivity index (χ3n) is 1.90. The van der Waals surface area contributed by atoms with Crippen molar-refractivity contribution >= 4 is 37.4 Å². The van der Waals surface area contributed by atoms with Crippen LogP contribution in [0.3, 0.4) is 0 Å². The van der Waals surface area contributed by atoms with E-state index in [-0.39, 0.29) is 5.13 Å². The molecule has 0 bridgehead atoms. The van der Waals surface area contributed by atoms with Crippen LogP contribution in [0.4, 0.5) is 4.39 Å². The summed E-state index contributed by atoms with van der Waals surface area (Å²) < 4.78 is 14.7. The standard InChI is InChI=1S/C10H5BrFNS/c11-8-3-6(1-2-13)10-7(4-8)5-9(12)14-10/h3-5H,1H2. The van der Waals surface area contributed by atoms with E-state index in [4.69, 9.17) is 5.26 Å². The van der Waals surface area contributed by atoms with Gasteiger partial charge >= 0.3 is 0 Å². The molecule has 1 aromatic heterocycles.